The first-order chi connectivity index (χ1) is 9.18. The predicted octanol–water partition coefficient (Wildman–Crippen LogP) is 0.0700. The van der Waals surface area contributed by atoms with Crippen LogP contribution in [0.2, 0.25) is 0 Å². The van der Waals surface area contributed by atoms with E-state index in [-0.39, 0.29) is 0 Å². The zero-order valence-corrected chi connectivity index (χ0v) is 10.4. The molecule has 1 aliphatic rings. The minimum absolute atomic E-state index is 0.413. The lowest BCUT2D eigenvalue weighted by Crippen LogP contribution is -2.49. The molecule has 1 fully saturated rings. The summed E-state index contributed by atoms with van der Waals surface area (Å²) < 4.78 is 0. The van der Waals surface area contributed by atoms with E-state index in [4.69, 9.17) is 0 Å². The Hall–Kier alpha value is -2.37. The van der Waals surface area contributed by atoms with E-state index in [0.717, 1.165) is 12.8 Å². The van der Waals surface area contributed by atoms with E-state index in [0.29, 0.717) is 18.7 Å². The Morgan fingerprint density at radius 2 is 1.58 bits per heavy atom. The molecular formula is C13H15N3O3. The van der Waals surface area contributed by atoms with Crippen molar-refractivity contribution in [3.63, 3.8) is 0 Å². The summed E-state index contributed by atoms with van der Waals surface area (Å²) in [5.41, 5.74) is 4.76. The number of benzene rings is 1. The molecule has 1 aromatic carbocycles. The quantitative estimate of drug-likeness (QED) is 0.554. The summed E-state index contributed by atoms with van der Waals surface area (Å²) in [5, 5.41) is 0. The Labute approximate surface area is 110 Å². The number of carbonyl (C=O) groups is 3. The summed E-state index contributed by atoms with van der Waals surface area (Å²) in [6.07, 6.45) is 1.82. The molecule has 1 aromatic rings. The third-order valence-corrected chi connectivity index (χ3v) is 2.91. The fourth-order valence-corrected chi connectivity index (χ4v) is 1.89. The number of carbonyl (C=O) groups excluding carboxylic acids is 3. The van der Waals surface area contributed by atoms with Crippen molar-refractivity contribution in [1.29, 1.82) is 0 Å². The van der Waals surface area contributed by atoms with Crippen LogP contribution in [0.5, 0.6) is 0 Å². The van der Waals surface area contributed by atoms with Crippen LogP contribution in [0.3, 0.4) is 0 Å². The van der Waals surface area contributed by atoms with Gasteiger partial charge in [0.05, 0.1) is 0 Å². The van der Waals surface area contributed by atoms with Gasteiger partial charge in [0.2, 0.25) is 0 Å². The maximum atomic E-state index is 11.7. The van der Waals surface area contributed by atoms with Crippen LogP contribution in [0.4, 0.5) is 0 Å². The van der Waals surface area contributed by atoms with Crippen LogP contribution < -0.4 is 10.9 Å². The minimum atomic E-state index is -0.814. The Bertz CT molecular complexity index is 481. The molecule has 2 N–H and O–H groups in total. The summed E-state index contributed by atoms with van der Waals surface area (Å²) in [6.45, 7) is 1.19. The highest BCUT2D eigenvalue weighted by molar-refractivity contribution is 6.35. The standard InChI is InChI=1S/C13H15N3O3/c17-11(10-6-2-1-3-7-10)14-15-12(18)13(19)16-8-4-5-9-16/h1-3,6-7H,4-5,8-9H2,(H,14,17)(H,15,18). The van der Waals surface area contributed by atoms with Crippen molar-refractivity contribution in [2.45, 2.75) is 12.8 Å². The van der Waals surface area contributed by atoms with E-state index in [2.05, 4.69) is 10.9 Å². The highest BCUT2D eigenvalue weighted by Gasteiger charge is 2.24. The first kappa shape index (κ1) is 13.1. The maximum Gasteiger partial charge on any atom is 0.327 e. The van der Waals surface area contributed by atoms with Gasteiger partial charge in [0.25, 0.3) is 5.91 Å². The Balaban J connectivity index is 1.83. The van der Waals surface area contributed by atoms with Crippen LogP contribution in [0.1, 0.15) is 23.2 Å². The zero-order chi connectivity index (χ0) is 13.7. The highest BCUT2D eigenvalue weighted by atomic mass is 16.2. The van der Waals surface area contributed by atoms with Crippen molar-refractivity contribution in [2.24, 2.45) is 0 Å². The number of likely N-dealkylation sites (tertiary alicyclic amines) is 1. The Kier molecular flexibility index (Phi) is 4.12. The number of nitrogens with zero attached hydrogens (tertiary/aromatic N) is 1. The van der Waals surface area contributed by atoms with E-state index >= 15 is 0 Å². The predicted molar refractivity (Wildman–Crippen MR) is 67.9 cm³/mol. The topological polar surface area (TPSA) is 78.5 Å². The molecule has 6 nitrogen and oxygen atoms in total. The lowest BCUT2D eigenvalue weighted by atomic mass is 10.2. The molecule has 0 radical (unpaired) electrons. The number of rotatable bonds is 1. The minimum Gasteiger partial charge on any atom is -0.334 e. The summed E-state index contributed by atoms with van der Waals surface area (Å²) >= 11 is 0. The molecule has 1 aliphatic heterocycles. The molecule has 0 spiro atoms. The largest absolute Gasteiger partial charge is 0.334 e. The van der Waals surface area contributed by atoms with Crippen molar-refractivity contribution < 1.29 is 14.4 Å². The summed E-state index contributed by atoms with van der Waals surface area (Å²) in [4.78, 5) is 36.3. The first-order valence-corrected chi connectivity index (χ1v) is 6.13. The SMILES string of the molecule is O=C(NNC(=O)c1ccccc1)C(=O)N1CCCC1. The van der Waals surface area contributed by atoms with Gasteiger partial charge in [-0.3, -0.25) is 25.2 Å². The van der Waals surface area contributed by atoms with Gasteiger partial charge in [-0.2, -0.15) is 0 Å². The van der Waals surface area contributed by atoms with Crippen LogP contribution in [-0.4, -0.2) is 35.7 Å². The van der Waals surface area contributed by atoms with Crippen molar-refractivity contribution in [3.8, 4) is 0 Å². The van der Waals surface area contributed by atoms with Crippen molar-refractivity contribution >= 4 is 17.7 Å². The van der Waals surface area contributed by atoms with Gasteiger partial charge < -0.3 is 4.90 Å². The molecule has 2 rings (SSSR count). The third-order valence-electron chi connectivity index (χ3n) is 2.91. The van der Waals surface area contributed by atoms with E-state index in [1.165, 1.54) is 4.90 Å². The second kappa shape index (κ2) is 5.99. The summed E-state index contributed by atoms with van der Waals surface area (Å²) in [5.74, 6) is -1.87. The maximum absolute atomic E-state index is 11.7. The fraction of sp³-hybridized carbons (Fsp3) is 0.308. The van der Waals surface area contributed by atoms with Crippen molar-refractivity contribution in [3.05, 3.63) is 35.9 Å². The Morgan fingerprint density at radius 1 is 0.947 bits per heavy atom. The number of hydrogen-bond acceptors (Lipinski definition) is 3. The molecule has 0 unspecified atom stereocenters. The zero-order valence-electron chi connectivity index (χ0n) is 10.4. The molecule has 1 saturated heterocycles. The van der Waals surface area contributed by atoms with Crippen LogP contribution >= 0.6 is 0 Å². The van der Waals surface area contributed by atoms with Gasteiger partial charge in [-0.05, 0) is 25.0 Å². The van der Waals surface area contributed by atoms with E-state index in [1.807, 2.05) is 0 Å². The van der Waals surface area contributed by atoms with Crippen LogP contribution in [0.25, 0.3) is 0 Å². The van der Waals surface area contributed by atoms with Gasteiger partial charge in [0.15, 0.2) is 0 Å². The number of hydrazine groups is 1. The average Bonchev–Trinajstić information content (AvgIpc) is 2.98. The number of amides is 3. The third kappa shape index (κ3) is 3.31. The van der Waals surface area contributed by atoms with Gasteiger partial charge in [-0.1, -0.05) is 18.2 Å². The second-order valence-electron chi connectivity index (χ2n) is 4.27. The molecule has 3 amide bonds. The van der Waals surface area contributed by atoms with Crippen molar-refractivity contribution in [2.75, 3.05) is 13.1 Å². The van der Waals surface area contributed by atoms with Gasteiger partial charge in [-0.25, -0.2) is 0 Å². The molecule has 0 aromatic heterocycles. The first-order valence-electron chi connectivity index (χ1n) is 6.13. The Morgan fingerprint density at radius 3 is 2.21 bits per heavy atom. The summed E-state index contributed by atoms with van der Waals surface area (Å²) in [7, 11) is 0. The van der Waals surface area contributed by atoms with Crippen LogP contribution in [-0.2, 0) is 9.59 Å². The van der Waals surface area contributed by atoms with Gasteiger partial charge in [0.1, 0.15) is 0 Å². The monoisotopic (exact) mass is 261 g/mol. The molecule has 100 valence electrons. The summed E-state index contributed by atoms with van der Waals surface area (Å²) in [6, 6.07) is 8.44. The fourth-order valence-electron chi connectivity index (χ4n) is 1.89. The van der Waals surface area contributed by atoms with E-state index in [1.54, 1.807) is 30.3 Å². The van der Waals surface area contributed by atoms with Gasteiger partial charge in [-0.15, -0.1) is 0 Å². The normalized spacial score (nSPS) is 14.0. The van der Waals surface area contributed by atoms with Crippen LogP contribution in [0.15, 0.2) is 30.3 Å². The molecular weight excluding hydrogens is 246 g/mol. The smallest absolute Gasteiger partial charge is 0.327 e. The lowest BCUT2D eigenvalue weighted by molar-refractivity contribution is -0.145. The van der Waals surface area contributed by atoms with Crippen molar-refractivity contribution in [1.82, 2.24) is 15.8 Å². The second-order valence-corrected chi connectivity index (χ2v) is 4.27. The molecule has 0 bridgehead atoms. The molecule has 6 heteroatoms. The number of nitrogens with one attached hydrogen (secondary N) is 2. The molecule has 0 saturated carbocycles. The highest BCUT2D eigenvalue weighted by Crippen LogP contribution is 2.06. The molecule has 1 heterocycles. The number of hydrogen-bond donors (Lipinski definition) is 2. The van der Waals surface area contributed by atoms with E-state index < -0.39 is 17.7 Å². The lowest BCUT2D eigenvalue weighted by Gasteiger charge is -2.14. The van der Waals surface area contributed by atoms with Gasteiger partial charge in [0, 0.05) is 18.7 Å². The molecule has 0 aliphatic carbocycles. The molecule has 0 atom stereocenters. The van der Waals surface area contributed by atoms with Crippen LogP contribution in [0, 0.1) is 0 Å². The van der Waals surface area contributed by atoms with Gasteiger partial charge >= 0.3 is 11.8 Å². The van der Waals surface area contributed by atoms with E-state index in [9.17, 15) is 14.4 Å². The average molecular weight is 261 g/mol. The molecule has 19 heavy (non-hydrogen) atoms.